The number of amides is 1. The van der Waals surface area contributed by atoms with E-state index in [1.165, 1.54) is 0 Å². The van der Waals surface area contributed by atoms with E-state index in [-0.39, 0.29) is 11.9 Å². The largest absolute Gasteiger partial charge is 0.497 e. The monoisotopic (exact) mass is 339 g/mol. The maximum absolute atomic E-state index is 12.2. The lowest BCUT2D eigenvalue weighted by atomic mass is 10.0. The maximum Gasteiger partial charge on any atom is 0.244 e. The van der Waals surface area contributed by atoms with Gasteiger partial charge in [0.1, 0.15) is 11.5 Å². The van der Waals surface area contributed by atoms with Crippen LogP contribution in [0.15, 0.2) is 48.5 Å². The predicted octanol–water partition coefficient (Wildman–Crippen LogP) is 4.29. The van der Waals surface area contributed by atoms with E-state index < -0.39 is 0 Å². The molecule has 0 aliphatic rings. The first-order valence-electron chi connectivity index (χ1n) is 8.34. The van der Waals surface area contributed by atoms with Crippen LogP contribution >= 0.6 is 0 Å². The van der Waals surface area contributed by atoms with Crippen LogP contribution < -0.4 is 14.8 Å². The summed E-state index contributed by atoms with van der Waals surface area (Å²) in [5, 5.41) is 3.05. The van der Waals surface area contributed by atoms with Crippen molar-refractivity contribution < 1.29 is 14.3 Å². The molecule has 0 radical (unpaired) electrons. The summed E-state index contributed by atoms with van der Waals surface area (Å²) in [7, 11) is 3.29. The molecular formula is C21H25NO3. The zero-order chi connectivity index (χ0) is 18.2. The van der Waals surface area contributed by atoms with Gasteiger partial charge in [-0.3, -0.25) is 4.79 Å². The van der Waals surface area contributed by atoms with Crippen LogP contribution in [0.3, 0.4) is 0 Å². The van der Waals surface area contributed by atoms with Gasteiger partial charge in [-0.1, -0.05) is 31.2 Å². The third-order valence-electron chi connectivity index (χ3n) is 4.09. The molecule has 0 spiro atoms. The van der Waals surface area contributed by atoms with Crippen LogP contribution in [-0.4, -0.2) is 20.1 Å². The molecule has 0 saturated carbocycles. The number of hydrogen-bond donors (Lipinski definition) is 1. The second kappa shape index (κ2) is 8.92. The van der Waals surface area contributed by atoms with Crippen molar-refractivity contribution in [3.63, 3.8) is 0 Å². The van der Waals surface area contributed by atoms with Crippen molar-refractivity contribution in [3.05, 3.63) is 65.2 Å². The van der Waals surface area contributed by atoms with Gasteiger partial charge in [0, 0.05) is 6.08 Å². The molecule has 0 heterocycles. The molecule has 0 aliphatic heterocycles. The van der Waals surface area contributed by atoms with E-state index in [0.717, 1.165) is 34.6 Å². The topological polar surface area (TPSA) is 47.6 Å². The Labute approximate surface area is 149 Å². The van der Waals surface area contributed by atoms with Crippen LogP contribution in [0.5, 0.6) is 11.5 Å². The average molecular weight is 339 g/mol. The molecule has 2 rings (SSSR count). The lowest BCUT2D eigenvalue weighted by Crippen LogP contribution is -2.26. The Balaban J connectivity index is 2.03. The van der Waals surface area contributed by atoms with Gasteiger partial charge in [0.05, 0.1) is 20.3 Å². The van der Waals surface area contributed by atoms with Crippen LogP contribution in [-0.2, 0) is 4.79 Å². The van der Waals surface area contributed by atoms with Gasteiger partial charge in [0.2, 0.25) is 5.91 Å². The lowest BCUT2D eigenvalue weighted by molar-refractivity contribution is -0.117. The van der Waals surface area contributed by atoms with Crippen molar-refractivity contribution in [2.45, 2.75) is 26.3 Å². The molecular weight excluding hydrogens is 314 g/mol. The van der Waals surface area contributed by atoms with E-state index in [2.05, 4.69) is 18.3 Å². The molecule has 25 heavy (non-hydrogen) atoms. The zero-order valence-electron chi connectivity index (χ0n) is 15.2. The van der Waals surface area contributed by atoms with Crippen molar-refractivity contribution in [1.29, 1.82) is 0 Å². The first kappa shape index (κ1) is 18.6. The molecule has 2 aromatic rings. The molecule has 0 saturated heterocycles. The molecule has 0 aliphatic carbocycles. The number of nitrogens with one attached hydrogen (secondary N) is 1. The Morgan fingerprint density at radius 3 is 2.40 bits per heavy atom. The summed E-state index contributed by atoms with van der Waals surface area (Å²) in [4.78, 5) is 12.2. The van der Waals surface area contributed by atoms with E-state index in [1.807, 2.05) is 43.3 Å². The third-order valence-corrected chi connectivity index (χ3v) is 4.09. The van der Waals surface area contributed by atoms with E-state index >= 15 is 0 Å². The van der Waals surface area contributed by atoms with Crippen molar-refractivity contribution in [2.75, 3.05) is 14.2 Å². The summed E-state index contributed by atoms with van der Waals surface area (Å²) in [6, 6.07) is 13.5. The van der Waals surface area contributed by atoms with Gasteiger partial charge in [0.15, 0.2) is 0 Å². The number of methoxy groups -OCH3 is 2. The quantitative estimate of drug-likeness (QED) is 0.765. The van der Waals surface area contributed by atoms with Crippen LogP contribution in [0.1, 0.15) is 36.1 Å². The second-order valence-electron chi connectivity index (χ2n) is 5.80. The van der Waals surface area contributed by atoms with E-state index in [4.69, 9.17) is 9.47 Å². The van der Waals surface area contributed by atoms with Crippen molar-refractivity contribution in [1.82, 2.24) is 5.32 Å². The molecule has 1 amide bonds. The summed E-state index contributed by atoms with van der Waals surface area (Å²) < 4.78 is 10.4. The van der Waals surface area contributed by atoms with Crippen LogP contribution in [0.4, 0.5) is 0 Å². The Kier molecular flexibility index (Phi) is 6.63. The smallest absolute Gasteiger partial charge is 0.244 e. The Hall–Kier alpha value is -2.75. The molecule has 2 aromatic carbocycles. The highest BCUT2D eigenvalue weighted by Crippen LogP contribution is 2.24. The zero-order valence-corrected chi connectivity index (χ0v) is 15.2. The van der Waals surface area contributed by atoms with Crippen LogP contribution in [0.2, 0.25) is 0 Å². The number of benzene rings is 2. The van der Waals surface area contributed by atoms with Crippen molar-refractivity contribution in [2.24, 2.45) is 0 Å². The van der Waals surface area contributed by atoms with Gasteiger partial charge in [-0.15, -0.1) is 0 Å². The number of carbonyl (C=O) groups is 1. The lowest BCUT2D eigenvalue weighted by Gasteiger charge is -2.18. The number of aryl methyl sites for hydroxylation is 1. The predicted molar refractivity (Wildman–Crippen MR) is 101 cm³/mol. The molecule has 0 bridgehead atoms. The highest BCUT2D eigenvalue weighted by molar-refractivity contribution is 5.92. The Morgan fingerprint density at radius 2 is 1.84 bits per heavy atom. The summed E-state index contributed by atoms with van der Waals surface area (Å²) in [6.07, 6.45) is 4.16. The van der Waals surface area contributed by atoms with Gasteiger partial charge in [0.25, 0.3) is 0 Å². The highest BCUT2D eigenvalue weighted by atomic mass is 16.5. The number of ether oxygens (including phenoxy) is 2. The molecule has 1 N–H and O–H groups in total. The van der Waals surface area contributed by atoms with Crippen molar-refractivity contribution >= 4 is 12.0 Å². The maximum atomic E-state index is 12.2. The van der Waals surface area contributed by atoms with Gasteiger partial charge < -0.3 is 14.8 Å². The average Bonchev–Trinajstić information content (AvgIpc) is 2.64. The van der Waals surface area contributed by atoms with Gasteiger partial charge in [-0.05, 0) is 54.3 Å². The molecule has 0 fully saturated rings. The van der Waals surface area contributed by atoms with Crippen LogP contribution in [0, 0.1) is 6.92 Å². The number of rotatable bonds is 7. The van der Waals surface area contributed by atoms with E-state index in [0.29, 0.717) is 0 Å². The molecule has 132 valence electrons. The normalized spacial score (nSPS) is 12.0. The van der Waals surface area contributed by atoms with Crippen molar-refractivity contribution in [3.8, 4) is 11.5 Å². The fourth-order valence-corrected chi connectivity index (χ4v) is 2.65. The summed E-state index contributed by atoms with van der Waals surface area (Å²) in [5.41, 5.74) is 3.08. The Morgan fingerprint density at radius 1 is 1.12 bits per heavy atom. The first-order valence-corrected chi connectivity index (χ1v) is 8.34. The van der Waals surface area contributed by atoms with Gasteiger partial charge in [-0.25, -0.2) is 0 Å². The number of carbonyl (C=O) groups excluding carboxylic acids is 1. The number of hydrogen-bond acceptors (Lipinski definition) is 3. The first-order chi connectivity index (χ1) is 12.1. The molecule has 0 aromatic heterocycles. The van der Waals surface area contributed by atoms with Crippen LogP contribution in [0.25, 0.3) is 6.08 Å². The Bertz CT molecular complexity index is 735. The van der Waals surface area contributed by atoms with Gasteiger partial charge in [-0.2, -0.15) is 0 Å². The highest BCUT2D eigenvalue weighted by Gasteiger charge is 2.12. The summed E-state index contributed by atoms with van der Waals surface area (Å²) in [5.74, 6) is 1.53. The molecule has 4 nitrogen and oxygen atoms in total. The SMILES string of the molecule is CC[C@@H](NC(=O)/C=C/c1ccc(OC)cc1)c1ccc(OC)c(C)c1. The minimum absolute atomic E-state index is 0.0300. The fraction of sp³-hybridized carbons (Fsp3) is 0.286. The molecule has 1 atom stereocenters. The van der Waals surface area contributed by atoms with E-state index in [9.17, 15) is 4.79 Å². The minimum atomic E-state index is -0.115. The summed E-state index contributed by atoms with van der Waals surface area (Å²) in [6.45, 7) is 4.05. The molecule has 0 unspecified atom stereocenters. The second-order valence-corrected chi connectivity index (χ2v) is 5.80. The minimum Gasteiger partial charge on any atom is -0.497 e. The fourth-order valence-electron chi connectivity index (χ4n) is 2.65. The molecule has 4 heteroatoms. The van der Waals surface area contributed by atoms with Gasteiger partial charge >= 0.3 is 0 Å². The standard InChI is InChI=1S/C21H25NO3/c1-5-19(17-9-12-20(25-4)15(2)14-17)22-21(23)13-8-16-6-10-18(24-3)11-7-16/h6-14,19H,5H2,1-4H3,(H,22,23)/b13-8+/t19-/m1/s1. The third kappa shape index (κ3) is 5.11. The van der Waals surface area contributed by atoms with E-state index in [1.54, 1.807) is 26.4 Å². The summed E-state index contributed by atoms with van der Waals surface area (Å²) >= 11 is 0.